The maximum absolute atomic E-state index is 12.8. The molecule has 6 amide bonds. The van der Waals surface area contributed by atoms with Gasteiger partial charge in [0.05, 0.1) is 0 Å². The lowest BCUT2D eigenvalue weighted by Crippen LogP contribution is -2.47. The zero-order chi connectivity index (χ0) is 27.8. The van der Waals surface area contributed by atoms with E-state index in [-0.39, 0.29) is 37.1 Å². The molecule has 210 valence electrons. The van der Waals surface area contributed by atoms with Crippen molar-refractivity contribution in [3.05, 3.63) is 24.3 Å². The van der Waals surface area contributed by atoms with Crippen molar-refractivity contribution in [2.75, 3.05) is 39.3 Å². The Kier molecular flexibility index (Phi) is 13.8. The predicted octanol–water partition coefficient (Wildman–Crippen LogP) is -0.503. The molecule has 0 aromatic rings. The molecule has 0 fully saturated rings. The van der Waals surface area contributed by atoms with E-state index in [1.807, 2.05) is 0 Å². The lowest BCUT2D eigenvalue weighted by atomic mass is 10.1. The first kappa shape index (κ1) is 30.7. The van der Waals surface area contributed by atoms with Gasteiger partial charge in [0, 0.05) is 63.8 Å². The number of carbonyl (C=O) groups excluding carboxylic acids is 6. The molecular weight excluding hydrogens is 492 g/mol. The normalized spacial score (nSPS) is 15.3. The van der Waals surface area contributed by atoms with Crippen molar-refractivity contribution in [2.45, 2.75) is 63.8 Å². The second-order valence-electron chi connectivity index (χ2n) is 9.31. The Morgan fingerprint density at radius 3 is 2.13 bits per heavy atom. The average Bonchev–Trinajstić information content (AvgIpc) is 3.45. The number of carbonyl (C=O) groups is 6. The molecule has 0 bridgehead atoms. The standard InChI is InChI=1S/C26H40N6O6/c27-14-4-1-2-5-16-29-26(38)20(30-22(34)13-19-32-24(36)10-11-25(32)37)8-3-6-15-28-21(33)12-18-31-17-7-9-23(31)35/h7,9-11,20H,1-6,8,12-19,27H2,(H,28,33)(H,29,38)(H,30,34)/t20-/m0/s1. The minimum Gasteiger partial charge on any atom is -0.356 e. The van der Waals surface area contributed by atoms with Gasteiger partial charge in [-0.15, -0.1) is 0 Å². The lowest BCUT2D eigenvalue weighted by Gasteiger charge is -2.20. The smallest absolute Gasteiger partial charge is 0.253 e. The number of unbranched alkanes of at least 4 members (excludes halogenated alkanes) is 4. The van der Waals surface area contributed by atoms with E-state index in [1.54, 1.807) is 11.0 Å². The SMILES string of the molecule is NCCCCCCNC(=O)[C@H](CCCCNC(=O)CCN1CC=CC1=O)NC(=O)CCN1C(=O)C=CC1=O. The summed E-state index contributed by atoms with van der Waals surface area (Å²) in [4.78, 5) is 74.8. The van der Waals surface area contributed by atoms with Crippen LogP contribution >= 0.6 is 0 Å². The molecule has 2 rings (SSSR count). The first-order chi connectivity index (χ1) is 18.3. The highest BCUT2D eigenvalue weighted by Gasteiger charge is 2.25. The first-order valence-electron chi connectivity index (χ1n) is 13.3. The van der Waals surface area contributed by atoms with Crippen molar-refractivity contribution in [3.8, 4) is 0 Å². The first-order valence-corrected chi connectivity index (χ1v) is 13.3. The molecule has 5 N–H and O–H groups in total. The number of nitrogens with two attached hydrogens (primary N) is 1. The second-order valence-corrected chi connectivity index (χ2v) is 9.31. The van der Waals surface area contributed by atoms with Crippen LogP contribution in [0.3, 0.4) is 0 Å². The molecule has 0 aliphatic carbocycles. The molecule has 2 aliphatic rings. The number of rotatable bonds is 19. The zero-order valence-electron chi connectivity index (χ0n) is 21.9. The van der Waals surface area contributed by atoms with Crippen molar-refractivity contribution in [2.24, 2.45) is 5.73 Å². The van der Waals surface area contributed by atoms with Gasteiger partial charge in [-0.1, -0.05) is 18.9 Å². The second kappa shape index (κ2) is 17.1. The van der Waals surface area contributed by atoms with Crippen molar-refractivity contribution < 1.29 is 28.8 Å². The van der Waals surface area contributed by atoms with Crippen LogP contribution in [0.4, 0.5) is 0 Å². The van der Waals surface area contributed by atoms with Gasteiger partial charge in [0.1, 0.15) is 6.04 Å². The molecule has 12 heteroatoms. The molecule has 0 aromatic heterocycles. The molecule has 0 aromatic carbocycles. The Balaban J connectivity index is 1.72. The Labute approximate surface area is 223 Å². The Morgan fingerprint density at radius 2 is 1.45 bits per heavy atom. The highest BCUT2D eigenvalue weighted by molar-refractivity contribution is 6.13. The third-order valence-electron chi connectivity index (χ3n) is 6.29. The van der Waals surface area contributed by atoms with Crippen molar-refractivity contribution >= 4 is 35.4 Å². The van der Waals surface area contributed by atoms with Crippen LogP contribution in [-0.4, -0.2) is 90.6 Å². The van der Waals surface area contributed by atoms with Crippen molar-refractivity contribution in [1.29, 1.82) is 0 Å². The van der Waals surface area contributed by atoms with Gasteiger partial charge in [-0.2, -0.15) is 0 Å². The summed E-state index contributed by atoms with van der Waals surface area (Å²) in [5, 5.41) is 8.40. The molecule has 12 nitrogen and oxygen atoms in total. The van der Waals surface area contributed by atoms with Crippen LogP contribution in [-0.2, 0) is 28.8 Å². The quantitative estimate of drug-likeness (QED) is 0.128. The van der Waals surface area contributed by atoms with Gasteiger partial charge in [0.2, 0.25) is 23.6 Å². The van der Waals surface area contributed by atoms with E-state index in [4.69, 9.17) is 5.73 Å². The maximum atomic E-state index is 12.8. The monoisotopic (exact) mass is 532 g/mol. The lowest BCUT2D eigenvalue weighted by molar-refractivity contribution is -0.137. The average molecular weight is 533 g/mol. The van der Waals surface area contributed by atoms with Crippen LogP contribution in [0.15, 0.2) is 24.3 Å². The highest BCUT2D eigenvalue weighted by atomic mass is 16.2. The Bertz CT molecular complexity index is 900. The maximum Gasteiger partial charge on any atom is 0.253 e. The predicted molar refractivity (Wildman–Crippen MR) is 140 cm³/mol. The molecule has 38 heavy (non-hydrogen) atoms. The van der Waals surface area contributed by atoms with E-state index < -0.39 is 23.8 Å². The van der Waals surface area contributed by atoms with Crippen molar-refractivity contribution in [3.63, 3.8) is 0 Å². The molecular formula is C26H40N6O6. The fraction of sp³-hybridized carbons (Fsp3) is 0.615. The van der Waals surface area contributed by atoms with E-state index in [0.29, 0.717) is 52.0 Å². The van der Waals surface area contributed by atoms with Crippen LogP contribution in [0, 0.1) is 0 Å². The highest BCUT2D eigenvalue weighted by Crippen LogP contribution is 2.07. The number of imide groups is 1. The third kappa shape index (κ3) is 11.2. The summed E-state index contributed by atoms with van der Waals surface area (Å²) in [6.45, 7) is 2.38. The molecule has 0 spiro atoms. The van der Waals surface area contributed by atoms with Gasteiger partial charge < -0.3 is 26.6 Å². The van der Waals surface area contributed by atoms with Gasteiger partial charge in [-0.3, -0.25) is 33.7 Å². The summed E-state index contributed by atoms with van der Waals surface area (Å²) in [5.74, 6) is -1.88. The molecule has 0 saturated heterocycles. The van der Waals surface area contributed by atoms with Gasteiger partial charge in [0.25, 0.3) is 11.8 Å². The molecule has 0 saturated carbocycles. The topological polar surface area (TPSA) is 171 Å². The fourth-order valence-corrected chi connectivity index (χ4v) is 4.06. The molecule has 0 radical (unpaired) electrons. The Hall–Kier alpha value is -3.54. The summed E-state index contributed by atoms with van der Waals surface area (Å²) in [5.41, 5.74) is 5.49. The summed E-state index contributed by atoms with van der Waals surface area (Å²) in [7, 11) is 0. The Morgan fingerprint density at radius 1 is 0.789 bits per heavy atom. The van der Waals surface area contributed by atoms with Gasteiger partial charge in [-0.05, 0) is 38.6 Å². The van der Waals surface area contributed by atoms with Crippen LogP contribution in [0.2, 0.25) is 0 Å². The van der Waals surface area contributed by atoms with Crippen LogP contribution in [0.5, 0.6) is 0 Å². The summed E-state index contributed by atoms with van der Waals surface area (Å²) >= 11 is 0. The number of hydrogen-bond donors (Lipinski definition) is 4. The summed E-state index contributed by atoms with van der Waals surface area (Å²) in [6.07, 6.45) is 10.9. The van der Waals surface area contributed by atoms with Crippen molar-refractivity contribution in [1.82, 2.24) is 25.8 Å². The van der Waals surface area contributed by atoms with Gasteiger partial charge >= 0.3 is 0 Å². The van der Waals surface area contributed by atoms with Crippen LogP contribution in [0.25, 0.3) is 0 Å². The molecule has 1 atom stereocenters. The van der Waals surface area contributed by atoms with E-state index in [0.717, 1.165) is 42.7 Å². The summed E-state index contributed by atoms with van der Waals surface area (Å²) in [6, 6.07) is -0.765. The minimum atomic E-state index is -0.765. The number of hydrogen-bond acceptors (Lipinski definition) is 7. The van der Waals surface area contributed by atoms with Crippen LogP contribution < -0.4 is 21.7 Å². The fourth-order valence-electron chi connectivity index (χ4n) is 4.06. The van der Waals surface area contributed by atoms with E-state index in [9.17, 15) is 28.8 Å². The van der Waals surface area contributed by atoms with E-state index in [2.05, 4.69) is 16.0 Å². The zero-order valence-corrected chi connectivity index (χ0v) is 21.9. The molecule has 2 heterocycles. The minimum absolute atomic E-state index is 0.0584. The van der Waals surface area contributed by atoms with Crippen LogP contribution in [0.1, 0.15) is 57.8 Å². The third-order valence-corrected chi connectivity index (χ3v) is 6.29. The van der Waals surface area contributed by atoms with E-state index in [1.165, 1.54) is 6.08 Å². The number of amides is 6. The number of nitrogens with one attached hydrogen (secondary N) is 3. The largest absolute Gasteiger partial charge is 0.356 e. The molecule has 0 unspecified atom stereocenters. The number of nitrogens with zero attached hydrogens (tertiary/aromatic N) is 2. The molecule has 2 aliphatic heterocycles. The van der Waals surface area contributed by atoms with Gasteiger partial charge in [0.15, 0.2) is 0 Å². The van der Waals surface area contributed by atoms with Gasteiger partial charge in [-0.25, -0.2) is 0 Å². The summed E-state index contributed by atoms with van der Waals surface area (Å²) < 4.78 is 0. The van der Waals surface area contributed by atoms with E-state index >= 15 is 0 Å².